The second-order valence-electron chi connectivity index (χ2n) is 9.84. The number of halogens is 2. The maximum atomic E-state index is 15.7. The SMILES string of the molecule is C=CC(=O)N1CCC(n2nc(-c3ccc(NCCOC)cc3F)c(-c3c(Cl)c(C)cc4[nH]ncc34)c2C)CC1. The van der Waals surface area contributed by atoms with Crippen LogP contribution in [0.25, 0.3) is 33.3 Å². The molecule has 0 bridgehead atoms. The van der Waals surface area contributed by atoms with Gasteiger partial charge in [0.05, 0.1) is 29.4 Å². The fourth-order valence-corrected chi connectivity index (χ4v) is 5.63. The van der Waals surface area contributed by atoms with Gasteiger partial charge in [0.2, 0.25) is 5.91 Å². The van der Waals surface area contributed by atoms with Gasteiger partial charge in [0, 0.05) is 60.2 Å². The number of nitrogens with one attached hydrogen (secondary N) is 2. The molecule has 204 valence electrons. The molecule has 0 radical (unpaired) electrons. The lowest BCUT2D eigenvalue weighted by molar-refractivity contribution is -0.127. The highest BCUT2D eigenvalue weighted by Gasteiger charge is 2.30. The van der Waals surface area contributed by atoms with E-state index in [2.05, 4.69) is 22.1 Å². The summed E-state index contributed by atoms with van der Waals surface area (Å²) in [5.74, 6) is -0.455. The zero-order valence-electron chi connectivity index (χ0n) is 22.4. The number of H-pyrrole nitrogens is 1. The van der Waals surface area contributed by atoms with Crippen molar-refractivity contribution >= 4 is 34.1 Å². The van der Waals surface area contributed by atoms with Crippen molar-refractivity contribution in [2.24, 2.45) is 0 Å². The standard InChI is InChI=1S/C29H32ClFN6O2/c1-5-25(38)36-11-8-20(9-12-36)37-18(3)26(27-22-16-33-34-24(22)14-17(2)28(27)30)29(35-37)21-7-6-19(15-23(21)31)32-10-13-39-4/h5-7,14-16,20,32H,1,8-13H2,2-4H3,(H,33,34). The van der Waals surface area contributed by atoms with Gasteiger partial charge in [-0.05, 0) is 62.6 Å². The number of benzene rings is 2. The quantitative estimate of drug-likeness (QED) is 0.210. The minimum absolute atomic E-state index is 0.0489. The van der Waals surface area contributed by atoms with Crippen molar-refractivity contribution in [1.82, 2.24) is 24.9 Å². The van der Waals surface area contributed by atoms with Crippen LogP contribution in [-0.4, -0.2) is 64.1 Å². The van der Waals surface area contributed by atoms with Crippen molar-refractivity contribution in [3.05, 3.63) is 65.2 Å². The molecule has 1 saturated heterocycles. The number of carbonyl (C=O) groups excluding carboxylic acids is 1. The molecule has 2 N–H and O–H groups in total. The normalized spacial score (nSPS) is 14.2. The number of carbonyl (C=O) groups is 1. The molecule has 3 heterocycles. The van der Waals surface area contributed by atoms with Crippen LogP contribution in [-0.2, 0) is 9.53 Å². The molecular weight excluding hydrogens is 519 g/mol. The van der Waals surface area contributed by atoms with E-state index in [1.165, 1.54) is 12.1 Å². The van der Waals surface area contributed by atoms with Gasteiger partial charge in [-0.2, -0.15) is 10.2 Å². The Labute approximate surface area is 231 Å². The molecule has 39 heavy (non-hydrogen) atoms. The Balaban J connectivity index is 1.64. The van der Waals surface area contributed by atoms with Gasteiger partial charge in [0.15, 0.2) is 0 Å². The van der Waals surface area contributed by atoms with Crippen LogP contribution in [0, 0.1) is 19.7 Å². The number of fused-ring (bicyclic) bond motifs is 1. The van der Waals surface area contributed by atoms with Gasteiger partial charge in [-0.3, -0.25) is 14.6 Å². The summed E-state index contributed by atoms with van der Waals surface area (Å²) in [5.41, 5.74) is 5.74. The van der Waals surface area contributed by atoms with Gasteiger partial charge in [0.1, 0.15) is 11.5 Å². The molecule has 5 rings (SSSR count). The lowest BCUT2D eigenvalue weighted by atomic mass is 9.94. The molecule has 1 amide bonds. The summed E-state index contributed by atoms with van der Waals surface area (Å²) in [6.07, 6.45) is 4.56. The lowest BCUT2D eigenvalue weighted by Crippen LogP contribution is -2.38. The van der Waals surface area contributed by atoms with E-state index in [4.69, 9.17) is 21.4 Å². The third kappa shape index (κ3) is 5.04. The maximum Gasteiger partial charge on any atom is 0.245 e. The topological polar surface area (TPSA) is 88.1 Å². The highest BCUT2D eigenvalue weighted by atomic mass is 35.5. The number of nitrogens with zero attached hydrogens (tertiary/aromatic N) is 4. The summed E-state index contributed by atoms with van der Waals surface area (Å²) < 4.78 is 22.8. The van der Waals surface area contributed by atoms with Gasteiger partial charge in [-0.15, -0.1) is 0 Å². The lowest BCUT2D eigenvalue weighted by Gasteiger charge is -2.32. The van der Waals surface area contributed by atoms with Crippen molar-refractivity contribution in [3.8, 4) is 22.4 Å². The first kappa shape index (κ1) is 26.9. The second-order valence-corrected chi connectivity index (χ2v) is 10.2. The molecule has 1 fully saturated rings. The van der Waals surface area contributed by atoms with Gasteiger partial charge >= 0.3 is 0 Å². The number of aromatic amines is 1. The zero-order valence-corrected chi connectivity index (χ0v) is 23.1. The average Bonchev–Trinajstić information content (AvgIpc) is 3.53. The van der Waals surface area contributed by atoms with Crippen LogP contribution in [0.1, 0.15) is 30.1 Å². The minimum atomic E-state index is -0.387. The molecule has 0 spiro atoms. The molecule has 2 aromatic carbocycles. The molecule has 1 aliphatic heterocycles. The average molecular weight is 551 g/mol. The number of rotatable bonds is 8. The highest BCUT2D eigenvalue weighted by Crippen LogP contribution is 2.45. The smallest absolute Gasteiger partial charge is 0.245 e. The first-order valence-electron chi connectivity index (χ1n) is 13.0. The molecule has 0 atom stereocenters. The van der Waals surface area contributed by atoms with Crippen molar-refractivity contribution in [2.75, 3.05) is 38.7 Å². The Bertz CT molecular complexity index is 1540. The van der Waals surface area contributed by atoms with Crippen molar-refractivity contribution < 1.29 is 13.9 Å². The summed E-state index contributed by atoms with van der Waals surface area (Å²) in [6, 6.07) is 7.08. The fourth-order valence-electron chi connectivity index (χ4n) is 5.38. The Morgan fingerprint density at radius 1 is 1.28 bits per heavy atom. The second kappa shape index (κ2) is 11.2. The number of aryl methyl sites for hydroxylation is 1. The number of hydrogen-bond donors (Lipinski definition) is 2. The highest BCUT2D eigenvalue weighted by molar-refractivity contribution is 6.36. The number of hydrogen-bond acceptors (Lipinski definition) is 5. The van der Waals surface area contributed by atoms with E-state index in [0.29, 0.717) is 48.2 Å². The molecule has 1 aliphatic rings. The molecule has 0 unspecified atom stereocenters. The molecule has 2 aromatic heterocycles. The van der Waals surface area contributed by atoms with Crippen LogP contribution in [0.3, 0.4) is 0 Å². The Hall–Kier alpha value is -3.69. The Morgan fingerprint density at radius 2 is 2.05 bits per heavy atom. The predicted molar refractivity (Wildman–Crippen MR) is 153 cm³/mol. The van der Waals surface area contributed by atoms with Crippen LogP contribution >= 0.6 is 11.6 Å². The number of methoxy groups -OCH3 is 1. The molecule has 0 aliphatic carbocycles. The molecule has 4 aromatic rings. The number of amides is 1. The summed E-state index contributed by atoms with van der Waals surface area (Å²) in [6.45, 7) is 9.84. The van der Waals surface area contributed by atoms with Gasteiger partial charge < -0.3 is 15.0 Å². The number of piperidine rings is 1. The van der Waals surface area contributed by atoms with Crippen molar-refractivity contribution in [3.63, 3.8) is 0 Å². The summed E-state index contributed by atoms with van der Waals surface area (Å²) in [4.78, 5) is 13.9. The number of anilines is 1. The van der Waals surface area contributed by atoms with Crippen molar-refractivity contribution in [2.45, 2.75) is 32.7 Å². The fraction of sp³-hybridized carbons (Fsp3) is 0.345. The third-order valence-electron chi connectivity index (χ3n) is 7.42. The van der Waals surface area contributed by atoms with E-state index in [-0.39, 0.29) is 17.8 Å². The van der Waals surface area contributed by atoms with E-state index >= 15 is 4.39 Å². The van der Waals surface area contributed by atoms with E-state index in [1.807, 2.05) is 30.7 Å². The maximum absolute atomic E-state index is 15.7. The zero-order chi connectivity index (χ0) is 27.7. The van der Waals surface area contributed by atoms with Gasteiger partial charge in [0.25, 0.3) is 0 Å². The third-order valence-corrected chi connectivity index (χ3v) is 7.91. The predicted octanol–water partition coefficient (Wildman–Crippen LogP) is 5.91. The molecule has 8 nitrogen and oxygen atoms in total. The van der Waals surface area contributed by atoms with Crippen LogP contribution in [0.5, 0.6) is 0 Å². The van der Waals surface area contributed by atoms with Crippen LogP contribution < -0.4 is 5.32 Å². The monoisotopic (exact) mass is 550 g/mol. The van der Waals surface area contributed by atoms with Crippen molar-refractivity contribution in [1.29, 1.82) is 0 Å². The van der Waals surface area contributed by atoms with E-state index in [0.717, 1.165) is 46.1 Å². The number of ether oxygens (including phenoxy) is 1. The molecule has 0 saturated carbocycles. The first-order valence-corrected chi connectivity index (χ1v) is 13.4. The van der Waals surface area contributed by atoms with Crippen LogP contribution in [0.4, 0.5) is 10.1 Å². The van der Waals surface area contributed by atoms with E-state index in [9.17, 15) is 4.79 Å². The Morgan fingerprint density at radius 3 is 2.74 bits per heavy atom. The summed E-state index contributed by atoms with van der Waals surface area (Å²) in [5, 5.41) is 16.9. The molecule has 10 heteroatoms. The number of likely N-dealkylation sites (tertiary alicyclic amines) is 1. The summed E-state index contributed by atoms with van der Waals surface area (Å²) >= 11 is 6.95. The largest absolute Gasteiger partial charge is 0.383 e. The summed E-state index contributed by atoms with van der Waals surface area (Å²) in [7, 11) is 1.63. The van der Waals surface area contributed by atoms with E-state index in [1.54, 1.807) is 24.3 Å². The van der Waals surface area contributed by atoms with Gasteiger partial charge in [-0.1, -0.05) is 18.2 Å². The number of aromatic nitrogens is 4. The van der Waals surface area contributed by atoms with E-state index < -0.39 is 0 Å². The first-order chi connectivity index (χ1) is 18.8. The van der Waals surface area contributed by atoms with Gasteiger partial charge in [-0.25, -0.2) is 4.39 Å². The van der Waals surface area contributed by atoms with Crippen LogP contribution in [0.2, 0.25) is 5.02 Å². The molecular formula is C29H32ClFN6O2. The Kier molecular flexibility index (Phi) is 7.72. The van der Waals surface area contributed by atoms with Crippen LogP contribution in [0.15, 0.2) is 43.1 Å². The minimum Gasteiger partial charge on any atom is -0.383 e.